The fourth-order valence-electron chi connectivity index (χ4n) is 6.63. The van der Waals surface area contributed by atoms with Crippen molar-refractivity contribution in [2.45, 2.75) is 129 Å². The lowest BCUT2D eigenvalue weighted by atomic mass is 10.0. The molecule has 0 saturated carbocycles. The molecule has 2 saturated heterocycles. The molecule has 14 heteroatoms. The van der Waals surface area contributed by atoms with Crippen LogP contribution in [0.4, 0.5) is 9.59 Å². The number of ether oxygens (including phenoxy) is 2. The quantitative estimate of drug-likeness (QED) is 0.209. The number of hydrogen-bond acceptors (Lipinski definition) is 8. The summed E-state index contributed by atoms with van der Waals surface area (Å²) in [6.45, 7) is 18.5. The first-order chi connectivity index (χ1) is 25.1. The molecule has 4 amide bonds. The van der Waals surface area contributed by atoms with Gasteiger partial charge in [0.05, 0.1) is 30.2 Å². The zero-order valence-electron chi connectivity index (χ0n) is 33.1. The molecule has 2 fully saturated rings. The predicted molar refractivity (Wildman–Crippen MR) is 203 cm³/mol. The Balaban J connectivity index is 1.21. The summed E-state index contributed by atoms with van der Waals surface area (Å²) in [6, 6.07) is 7.26. The van der Waals surface area contributed by atoms with Crippen molar-refractivity contribution in [1.82, 2.24) is 40.4 Å². The number of rotatable bonds is 7. The number of alkyl carbamates (subject to hydrolysis) is 2. The second-order valence-corrected chi connectivity index (χ2v) is 17.0. The number of aromatic amines is 2. The molecule has 14 nitrogen and oxygen atoms in total. The molecule has 5 rings (SSSR count). The molecule has 2 aliphatic heterocycles. The van der Waals surface area contributed by atoms with Gasteiger partial charge in [0.15, 0.2) is 0 Å². The third-order valence-corrected chi connectivity index (χ3v) is 9.08. The Hall–Kier alpha value is -5.32. The van der Waals surface area contributed by atoms with Gasteiger partial charge < -0.3 is 39.9 Å². The molecule has 0 radical (unpaired) electrons. The van der Waals surface area contributed by atoms with Crippen molar-refractivity contribution in [3.05, 3.63) is 59.6 Å². The molecule has 4 heterocycles. The number of aromatic nitrogens is 4. The summed E-state index contributed by atoms with van der Waals surface area (Å²) in [6.07, 6.45) is 5.27. The predicted octanol–water partition coefficient (Wildman–Crippen LogP) is 6.13. The lowest BCUT2D eigenvalue weighted by Gasteiger charge is -2.33. The lowest BCUT2D eigenvalue weighted by Crippen LogP contribution is -2.56. The Morgan fingerprint density at radius 1 is 0.685 bits per heavy atom. The Labute approximate surface area is 317 Å². The summed E-state index contributed by atoms with van der Waals surface area (Å²) in [5, 5.41) is 5.44. The molecule has 2 atom stereocenters. The number of nitrogens with zero attached hydrogens (tertiary/aromatic N) is 4. The average molecular weight is 743 g/mol. The third-order valence-electron chi connectivity index (χ3n) is 9.08. The number of imidazole rings is 2. The van der Waals surface area contributed by atoms with Crippen LogP contribution in [-0.2, 0) is 19.1 Å². The number of carbonyl (C=O) groups excluding carboxylic acids is 4. The van der Waals surface area contributed by atoms with Gasteiger partial charge in [-0.15, -0.1) is 0 Å². The second kappa shape index (κ2) is 15.2. The van der Waals surface area contributed by atoms with Crippen molar-refractivity contribution >= 4 is 24.0 Å². The zero-order valence-corrected chi connectivity index (χ0v) is 33.1. The van der Waals surface area contributed by atoms with Gasteiger partial charge in [-0.25, -0.2) is 19.6 Å². The molecule has 54 heavy (non-hydrogen) atoms. The molecule has 0 aliphatic carbocycles. The minimum absolute atomic E-state index is 0.202. The Morgan fingerprint density at radius 2 is 1.15 bits per heavy atom. The fraction of sp³-hybridized carbons (Fsp3) is 0.550. The maximum atomic E-state index is 13.6. The lowest BCUT2D eigenvalue weighted by molar-refractivity contribution is -0.138. The van der Waals surface area contributed by atoms with E-state index in [2.05, 4.69) is 42.4 Å². The van der Waals surface area contributed by atoms with Gasteiger partial charge in [-0.2, -0.15) is 0 Å². The first-order valence-corrected chi connectivity index (χ1v) is 18.5. The second-order valence-electron chi connectivity index (χ2n) is 17.0. The minimum Gasteiger partial charge on any atom is -0.444 e. The van der Waals surface area contributed by atoms with Crippen LogP contribution in [0.2, 0.25) is 0 Å². The van der Waals surface area contributed by atoms with E-state index in [4.69, 9.17) is 9.47 Å². The number of hydrogen-bond donors (Lipinski definition) is 4. The van der Waals surface area contributed by atoms with E-state index in [0.717, 1.165) is 42.5 Å². The first-order valence-electron chi connectivity index (χ1n) is 18.5. The Morgan fingerprint density at radius 3 is 1.63 bits per heavy atom. The average Bonchev–Trinajstić information content (AvgIpc) is 3.87. The van der Waals surface area contributed by atoms with Gasteiger partial charge in [-0.1, -0.05) is 18.1 Å². The van der Waals surface area contributed by atoms with Crippen molar-refractivity contribution in [2.24, 2.45) is 0 Å². The van der Waals surface area contributed by atoms with Crippen LogP contribution >= 0.6 is 0 Å². The fourth-order valence-corrected chi connectivity index (χ4v) is 6.63. The summed E-state index contributed by atoms with van der Waals surface area (Å²) in [4.78, 5) is 71.4. The first kappa shape index (κ1) is 39.9. The molecule has 1 aromatic carbocycles. The van der Waals surface area contributed by atoms with Gasteiger partial charge >= 0.3 is 12.2 Å². The smallest absolute Gasteiger partial charge is 0.408 e. The molecule has 2 aliphatic rings. The van der Waals surface area contributed by atoms with Gasteiger partial charge in [-0.3, -0.25) is 9.59 Å². The molecular weight excluding hydrogens is 688 g/mol. The highest BCUT2D eigenvalue weighted by molar-refractivity contribution is 5.90. The van der Waals surface area contributed by atoms with Gasteiger partial charge in [0, 0.05) is 18.7 Å². The van der Waals surface area contributed by atoms with E-state index < -0.39 is 34.5 Å². The van der Waals surface area contributed by atoms with E-state index in [-0.39, 0.29) is 23.9 Å². The molecular formula is C40H54N8O6. The van der Waals surface area contributed by atoms with Crippen LogP contribution in [0.25, 0.3) is 11.3 Å². The van der Waals surface area contributed by atoms with Crippen LogP contribution < -0.4 is 10.6 Å². The van der Waals surface area contributed by atoms with Gasteiger partial charge in [-0.05, 0) is 119 Å². The number of H-pyrrole nitrogens is 2. The highest BCUT2D eigenvalue weighted by Crippen LogP contribution is 2.34. The summed E-state index contributed by atoms with van der Waals surface area (Å²) in [7, 11) is 0. The molecule has 0 bridgehead atoms. The van der Waals surface area contributed by atoms with Crippen LogP contribution in [0, 0.1) is 11.8 Å². The Bertz CT molecular complexity index is 1920. The SMILES string of the molecule is CC(C)(C)OC(=O)NC(C)(C)C(=O)N1CCC[C@H]1c1ncc(C#Cc2ccc(-c3cnc([C@@H]4CCCN4C(=O)C(C)(C)NC(=O)OC(C)(C)C)[nH]3)cc2)[nH]1. The van der Waals surface area contributed by atoms with Crippen molar-refractivity contribution in [2.75, 3.05) is 13.1 Å². The van der Waals surface area contributed by atoms with Crippen LogP contribution in [0.3, 0.4) is 0 Å². The van der Waals surface area contributed by atoms with E-state index in [9.17, 15) is 19.2 Å². The Kier molecular flexibility index (Phi) is 11.2. The number of amides is 4. The number of carbonyl (C=O) groups is 4. The molecule has 0 spiro atoms. The van der Waals surface area contributed by atoms with Gasteiger partial charge in [0.25, 0.3) is 0 Å². The van der Waals surface area contributed by atoms with E-state index >= 15 is 0 Å². The topological polar surface area (TPSA) is 175 Å². The minimum atomic E-state index is -1.17. The van der Waals surface area contributed by atoms with E-state index in [1.54, 1.807) is 91.4 Å². The zero-order chi connectivity index (χ0) is 39.6. The maximum absolute atomic E-state index is 13.6. The summed E-state index contributed by atoms with van der Waals surface area (Å²) < 4.78 is 10.7. The van der Waals surface area contributed by atoms with Crippen molar-refractivity contribution < 1.29 is 28.7 Å². The summed E-state index contributed by atoms with van der Waals surface area (Å²) >= 11 is 0. The molecule has 2 aromatic heterocycles. The van der Waals surface area contributed by atoms with Crippen LogP contribution in [0.5, 0.6) is 0 Å². The molecule has 3 aromatic rings. The van der Waals surface area contributed by atoms with Crippen molar-refractivity contribution in [3.8, 4) is 23.1 Å². The molecule has 4 N–H and O–H groups in total. The molecule has 290 valence electrons. The third kappa shape index (κ3) is 9.80. The highest BCUT2D eigenvalue weighted by atomic mass is 16.6. The summed E-state index contributed by atoms with van der Waals surface area (Å²) in [5.74, 6) is 7.24. The van der Waals surface area contributed by atoms with Crippen LogP contribution in [0.1, 0.15) is 130 Å². The number of nitrogens with one attached hydrogen (secondary N) is 4. The number of benzene rings is 1. The normalized spacial score (nSPS) is 17.8. The standard InChI is InChI=1S/C40H54N8O6/c1-37(2,3)53-35(51)45-39(7,8)33(49)47-21-11-13-29(47)31-41-23-27(43-31)20-17-25-15-18-26(19-16-25)28-24-42-32(44-28)30-14-12-22-48(30)34(50)40(9,10)46-36(52)54-38(4,5)6/h15-16,18-19,23-24,29-30H,11-14,21-22H2,1-10H3,(H,41,43)(H,42,44)(H,45,51)(H,46,52)/t29-,30-/m0/s1. The monoisotopic (exact) mass is 742 g/mol. The van der Waals surface area contributed by atoms with E-state index in [1.165, 1.54) is 0 Å². The van der Waals surface area contributed by atoms with E-state index in [1.807, 2.05) is 24.3 Å². The van der Waals surface area contributed by atoms with E-state index in [0.29, 0.717) is 30.4 Å². The van der Waals surface area contributed by atoms with Gasteiger partial charge in [0.2, 0.25) is 11.8 Å². The number of likely N-dealkylation sites (tertiary alicyclic amines) is 2. The van der Waals surface area contributed by atoms with Crippen molar-refractivity contribution in [1.29, 1.82) is 0 Å². The van der Waals surface area contributed by atoms with Crippen LogP contribution in [-0.4, -0.2) is 89.1 Å². The van der Waals surface area contributed by atoms with Crippen molar-refractivity contribution in [3.63, 3.8) is 0 Å². The van der Waals surface area contributed by atoms with Gasteiger partial charge in [0.1, 0.15) is 39.6 Å². The molecule has 0 unspecified atom stereocenters. The largest absolute Gasteiger partial charge is 0.444 e. The highest BCUT2D eigenvalue weighted by Gasteiger charge is 2.42. The van der Waals surface area contributed by atoms with Crippen LogP contribution in [0.15, 0.2) is 36.7 Å². The summed E-state index contributed by atoms with van der Waals surface area (Å²) in [5.41, 5.74) is -0.530. The maximum Gasteiger partial charge on any atom is 0.408 e.